The average molecular weight is 389 g/mol. The van der Waals surface area contributed by atoms with Gasteiger partial charge >= 0.3 is 12.6 Å². The molecule has 0 saturated heterocycles. The minimum absolute atomic E-state index is 0.00117. The van der Waals surface area contributed by atoms with Gasteiger partial charge in [-0.15, -0.1) is 0 Å². The van der Waals surface area contributed by atoms with Crippen molar-refractivity contribution >= 4 is 17.8 Å². The normalized spacial score (nSPS) is 10.7. The van der Waals surface area contributed by atoms with Crippen molar-refractivity contribution in [2.45, 2.75) is 6.61 Å². The van der Waals surface area contributed by atoms with Crippen molar-refractivity contribution in [2.24, 2.45) is 7.05 Å². The summed E-state index contributed by atoms with van der Waals surface area (Å²) in [4.78, 5) is 31.7. The highest BCUT2D eigenvalue weighted by Crippen LogP contribution is 2.22. The first-order valence-electron chi connectivity index (χ1n) is 7.80. The Bertz CT molecular complexity index is 1020. The van der Waals surface area contributed by atoms with E-state index in [4.69, 9.17) is 5.11 Å². The third kappa shape index (κ3) is 4.09. The third-order valence-electron chi connectivity index (χ3n) is 3.64. The lowest BCUT2D eigenvalue weighted by Crippen LogP contribution is -2.20. The third-order valence-corrected chi connectivity index (χ3v) is 3.64. The number of hydrogen-bond donors (Lipinski definition) is 2. The maximum atomic E-state index is 12.4. The molecule has 0 unspecified atom stereocenters. The first kappa shape index (κ1) is 18.9. The fourth-order valence-corrected chi connectivity index (χ4v) is 2.41. The van der Waals surface area contributed by atoms with E-state index in [0.29, 0.717) is 11.3 Å². The summed E-state index contributed by atoms with van der Waals surface area (Å²) in [5.41, 5.74) is 0.574. The molecule has 0 radical (unpaired) electrons. The molecule has 9 nitrogen and oxygen atoms in total. The van der Waals surface area contributed by atoms with Gasteiger partial charge in [0.2, 0.25) is 5.95 Å². The van der Waals surface area contributed by atoms with Gasteiger partial charge in [-0.2, -0.15) is 13.9 Å². The van der Waals surface area contributed by atoms with E-state index in [1.54, 1.807) is 6.07 Å². The van der Waals surface area contributed by atoms with Crippen molar-refractivity contribution in [3.05, 3.63) is 54.0 Å². The molecule has 0 aliphatic rings. The monoisotopic (exact) mass is 389 g/mol. The number of aryl methyl sites for hydroxylation is 1. The van der Waals surface area contributed by atoms with Crippen LogP contribution in [0.2, 0.25) is 0 Å². The van der Waals surface area contributed by atoms with Gasteiger partial charge in [0, 0.05) is 18.8 Å². The van der Waals surface area contributed by atoms with Gasteiger partial charge in [0.15, 0.2) is 0 Å². The number of nitrogens with one attached hydrogen (secondary N) is 1. The number of hydrogen-bond acceptors (Lipinski definition) is 6. The molecule has 0 spiro atoms. The molecule has 3 rings (SSSR count). The Balaban J connectivity index is 1.81. The lowest BCUT2D eigenvalue weighted by molar-refractivity contribution is -0.0498. The number of rotatable bonds is 6. The van der Waals surface area contributed by atoms with Crippen LogP contribution in [0.15, 0.2) is 42.7 Å². The van der Waals surface area contributed by atoms with Gasteiger partial charge in [-0.3, -0.25) is 14.8 Å². The predicted molar refractivity (Wildman–Crippen MR) is 92.2 cm³/mol. The zero-order valence-electron chi connectivity index (χ0n) is 14.3. The fourth-order valence-electron chi connectivity index (χ4n) is 2.41. The fraction of sp³-hybridized carbons (Fsp3) is 0.118. The second-order valence-electron chi connectivity index (χ2n) is 5.46. The highest BCUT2D eigenvalue weighted by Gasteiger charge is 2.22. The molecule has 2 aromatic heterocycles. The smallest absolute Gasteiger partial charge is 0.387 e. The molecule has 0 aliphatic heterocycles. The number of carboxylic acids is 1. The predicted octanol–water partition coefficient (Wildman–Crippen LogP) is 2.43. The summed E-state index contributed by atoms with van der Waals surface area (Å²) < 4.78 is 29.8. The van der Waals surface area contributed by atoms with Gasteiger partial charge in [0.1, 0.15) is 17.0 Å². The van der Waals surface area contributed by atoms with Gasteiger partial charge in [0.05, 0.1) is 11.9 Å². The van der Waals surface area contributed by atoms with E-state index in [1.165, 1.54) is 37.5 Å². The van der Waals surface area contributed by atoms with Crippen molar-refractivity contribution in [1.29, 1.82) is 0 Å². The highest BCUT2D eigenvalue weighted by molar-refractivity contribution is 6.08. The van der Waals surface area contributed by atoms with Crippen LogP contribution in [0.5, 0.6) is 5.75 Å². The molecule has 2 heterocycles. The van der Waals surface area contributed by atoms with E-state index in [2.05, 4.69) is 25.1 Å². The van der Waals surface area contributed by atoms with E-state index in [9.17, 15) is 18.4 Å². The molecule has 11 heteroatoms. The second-order valence-corrected chi connectivity index (χ2v) is 5.46. The molecule has 1 aromatic carbocycles. The molecule has 0 bridgehead atoms. The standard InChI is InChI=1S/C17H13F2N5O4/c1-24-13(11(8-21-24)15(26)27)14(25)23-17-20-7-6-12(22-17)9-2-4-10(5-3-9)28-16(18)19/h2-8,16H,1H3,(H,26,27)(H,20,22,23,25). The van der Waals surface area contributed by atoms with Crippen molar-refractivity contribution < 1.29 is 28.2 Å². The molecule has 0 saturated carbocycles. The number of carbonyl (C=O) groups is 2. The number of carbonyl (C=O) groups excluding carboxylic acids is 1. The van der Waals surface area contributed by atoms with Crippen LogP contribution in [0.1, 0.15) is 20.8 Å². The number of aromatic nitrogens is 4. The van der Waals surface area contributed by atoms with E-state index < -0.39 is 18.5 Å². The van der Waals surface area contributed by atoms with Crippen molar-refractivity contribution in [3.8, 4) is 17.0 Å². The van der Waals surface area contributed by atoms with Crippen LogP contribution in [-0.2, 0) is 7.05 Å². The van der Waals surface area contributed by atoms with Crippen molar-refractivity contribution in [3.63, 3.8) is 0 Å². The first-order valence-corrected chi connectivity index (χ1v) is 7.80. The van der Waals surface area contributed by atoms with Crippen LogP contribution in [0.4, 0.5) is 14.7 Å². The number of anilines is 1. The molecule has 3 aromatic rings. The molecule has 28 heavy (non-hydrogen) atoms. The number of halogens is 2. The van der Waals surface area contributed by atoms with Crippen LogP contribution in [0.3, 0.4) is 0 Å². The summed E-state index contributed by atoms with van der Waals surface area (Å²) in [5, 5.41) is 15.3. The SMILES string of the molecule is Cn1ncc(C(=O)O)c1C(=O)Nc1nccc(-c2ccc(OC(F)F)cc2)n1. The first-order chi connectivity index (χ1) is 13.3. The maximum Gasteiger partial charge on any atom is 0.387 e. The molecular weight excluding hydrogens is 376 g/mol. The molecule has 144 valence electrons. The summed E-state index contributed by atoms with van der Waals surface area (Å²) >= 11 is 0. The second kappa shape index (κ2) is 7.78. The van der Waals surface area contributed by atoms with E-state index in [0.717, 1.165) is 10.9 Å². The lowest BCUT2D eigenvalue weighted by Gasteiger charge is -2.08. The highest BCUT2D eigenvalue weighted by atomic mass is 19.3. The average Bonchev–Trinajstić information content (AvgIpc) is 3.04. The van der Waals surface area contributed by atoms with E-state index in [-0.39, 0.29) is 23.0 Å². The van der Waals surface area contributed by atoms with Gasteiger partial charge in [0.25, 0.3) is 5.91 Å². The van der Waals surface area contributed by atoms with Crippen LogP contribution >= 0.6 is 0 Å². The minimum atomic E-state index is -2.92. The molecule has 0 fully saturated rings. The van der Waals surface area contributed by atoms with Crippen LogP contribution in [-0.4, -0.2) is 43.3 Å². The van der Waals surface area contributed by atoms with Gasteiger partial charge in [-0.25, -0.2) is 14.8 Å². The van der Waals surface area contributed by atoms with Crippen LogP contribution in [0, 0.1) is 0 Å². The Hall–Kier alpha value is -3.89. The number of carboxylic acid groups (broad SMARTS) is 1. The molecule has 1 amide bonds. The quantitative estimate of drug-likeness (QED) is 0.664. The van der Waals surface area contributed by atoms with Crippen molar-refractivity contribution in [1.82, 2.24) is 19.7 Å². The summed E-state index contributed by atoms with van der Waals surface area (Å²) in [5.74, 6) is -2.10. The molecular formula is C17H13F2N5O4. The summed E-state index contributed by atoms with van der Waals surface area (Å²) in [6.45, 7) is -2.92. The Labute approximate surface area is 156 Å². The van der Waals surface area contributed by atoms with Gasteiger partial charge in [-0.05, 0) is 30.3 Å². The number of benzene rings is 1. The topological polar surface area (TPSA) is 119 Å². The van der Waals surface area contributed by atoms with Crippen LogP contribution < -0.4 is 10.1 Å². The lowest BCUT2D eigenvalue weighted by atomic mass is 10.1. The summed E-state index contributed by atoms with van der Waals surface area (Å²) in [7, 11) is 1.43. The maximum absolute atomic E-state index is 12.4. The summed E-state index contributed by atoms with van der Waals surface area (Å²) in [6.07, 6.45) is 2.46. The summed E-state index contributed by atoms with van der Waals surface area (Å²) in [6, 6.07) is 7.32. The zero-order valence-corrected chi connectivity index (χ0v) is 14.3. The largest absolute Gasteiger partial charge is 0.478 e. The van der Waals surface area contributed by atoms with Gasteiger partial charge in [-0.1, -0.05) is 0 Å². The Morgan fingerprint density at radius 3 is 2.57 bits per heavy atom. The van der Waals surface area contributed by atoms with E-state index >= 15 is 0 Å². The number of nitrogens with zero attached hydrogens (tertiary/aromatic N) is 4. The minimum Gasteiger partial charge on any atom is -0.478 e. The number of amides is 1. The zero-order chi connectivity index (χ0) is 20.3. The Kier molecular flexibility index (Phi) is 5.25. The molecule has 0 aliphatic carbocycles. The van der Waals surface area contributed by atoms with Crippen LogP contribution in [0.25, 0.3) is 11.3 Å². The van der Waals surface area contributed by atoms with Gasteiger partial charge < -0.3 is 9.84 Å². The number of aromatic carboxylic acids is 1. The van der Waals surface area contributed by atoms with E-state index in [1.807, 2.05) is 0 Å². The number of alkyl halides is 2. The number of ether oxygens (including phenoxy) is 1. The van der Waals surface area contributed by atoms with Crippen molar-refractivity contribution in [2.75, 3.05) is 5.32 Å². The Morgan fingerprint density at radius 2 is 1.93 bits per heavy atom. The Morgan fingerprint density at radius 1 is 1.21 bits per heavy atom. The molecule has 0 atom stereocenters. The molecule has 2 N–H and O–H groups in total.